The average Bonchev–Trinajstić information content (AvgIpc) is 2.37. The van der Waals surface area contributed by atoms with E-state index in [1.165, 1.54) is 22.3 Å². The van der Waals surface area contributed by atoms with Crippen LogP contribution in [-0.4, -0.2) is 36.0 Å². The molecule has 0 atom stereocenters. The number of aliphatic hydroxyl groups excluding tert-OH is 2. The third-order valence-corrected chi connectivity index (χ3v) is 4.06. The molecule has 1 aromatic carbocycles. The van der Waals surface area contributed by atoms with Gasteiger partial charge in [0.25, 0.3) is 0 Å². The summed E-state index contributed by atoms with van der Waals surface area (Å²) in [6.45, 7) is 11.5. The van der Waals surface area contributed by atoms with Crippen LogP contribution in [-0.2, 0) is 5.41 Å². The molecule has 0 bridgehead atoms. The Morgan fingerprint density at radius 2 is 1.63 bits per heavy atom. The van der Waals surface area contributed by atoms with E-state index in [2.05, 4.69) is 52.1 Å². The topological polar surface area (TPSA) is 52.5 Å². The monoisotopic (exact) mass is 265 g/mol. The van der Waals surface area contributed by atoms with E-state index in [1.807, 2.05) is 0 Å². The van der Waals surface area contributed by atoms with Crippen molar-refractivity contribution in [3.63, 3.8) is 0 Å². The molecule has 0 aliphatic rings. The van der Waals surface area contributed by atoms with Crippen LogP contribution in [0.1, 0.15) is 36.1 Å². The van der Waals surface area contributed by atoms with Crippen LogP contribution in [0.5, 0.6) is 0 Å². The van der Waals surface area contributed by atoms with Crippen LogP contribution in [0.2, 0.25) is 0 Å². The molecule has 0 saturated heterocycles. The molecule has 0 radical (unpaired) electrons. The first-order valence-corrected chi connectivity index (χ1v) is 6.86. The zero-order valence-corrected chi connectivity index (χ0v) is 12.7. The summed E-state index contributed by atoms with van der Waals surface area (Å²) < 4.78 is 0. The van der Waals surface area contributed by atoms with Gasteiger partial charge in [-0.25, -0.2) is 0 Å². The van der Waals surface area contributed by atoms with Gasteiger partial charge in [-0.05, 0) is 43.0 Å². The van der Waals surface area contributed by atoms with Crippen molar-refractivity contribution < 1.29 is 10.2 Å². The fraction of sp³-hybridized carbons (Fsp3) is 0.625. The van der Waals surface area contributed by atoms with Crippen molar-refractivity contribution >= 4 is 0 Å². The molecule has 1 rings (SSSR count). The smallest absolute Gasteiger partial charge is 0.0607 e. The molecule has 0 fully saturated rings. The number of aliphatic hydroxyl groups is 2. The fourth-order valence-electron chi connectivity index (χ4n) is 2.37. The van der Waals surface area contributed by atoms with Gasteiger partial charge in [0.2, 0.25) is 0 Å². The van der Waals surface area contributed by atoms with Crippen molar-refractivity contribution in [2.75, 3.05) is 19.8 Å². The summed E-state index contributed by atoms with van der Waals surface area (Å²) >= 11 is 0. The number of aryl methyl sites for hydroxylation is 1. The number of benzene rings is 1. The van der Waals surface area contributed by atoms with Crippen molar-refractivity contribution in [2.24, 2.45) is 0 Å². The third-order valence-electron chi connectivity index (χ3n) is 4.06. The summed E-state index contributed by atoms with van der Waals surface area (Å²) in [5, 5.41) is 21.4. The summed E-state index contributed by atoms with van der Waals surface area (Å²) in [7, 11) is 0. The van der Waals surface area contributed by atoms with Crippen molar-refractivity contribution in [1.29, 1.82) is 0 Å². The highest BCUT2D eigenvalue weighted by atomic mass is 16.3. The zero-order chi connectivity index (χ0) is 14.6. The van der Waals surface area contributed by atoms with E-state index in [1.54, 1.807) is 0 Å². The maximum Gasteiger partial charge on any atom is 0.0607 e. The summed E-state index contributed by atoms with van der Waals surface area (Å²) in [4.78, 5) is 0. The van der Waals surface area contributed by atoms with E-state index in [0.717, 1.165) is 6.54 Å². The van der Waals surface area contributed by atoms with Gasteiger partial charge in [0, 0.05) is 12.0 Å². The first-order chi connectivity index (χ1) is 8.83. The van der Waals surface area contributed by atoms with Gasteiger partial charge in [-0.3, -0.25) is 0 Å². The number of hydrogen-bond acceptors (Lipinski definition) is 3. The Labute approximate surface area is 116 Å². The van der Waals surface area contributed by atoms with Crippen LogP contribution in [0.4, 0.5) is 0 Å². The summed E-state index contributed by atoms with van der Waals surface area (Å²) in [5.41, 5.74) is 5.26. The van der Waals surface area contributed by atoms with Crippen LogP contribution >= 0.6 is 0 Å². The molecule has 0 unspecified atom stereocenters. The first kappa shape index (κ1) is 16.2. The van der Waals surface area contributed by atoms with E-state index in [-0.39, 0.29) is 24.7 Å². The molecule has 0 amide bonds. The lowest BCUT2D eigenvalue weighted by Gasteiger charge is -2.30. The van der Waals surface area contributed by atoms with Crippen LogP contribution in [0.15, 0.2) is 12.1 Å². The second-order valence-electron chi connectivity index (χ2n) is 6.01. The highest BCUT2D eigenvalue weighted by Crippen LogP contribution is 2.28. The third kappa shape index (κ3) is 3.78. The molecule has 0 aliphatic heterocycles. The fourth-order valence-corrected chi connectivity index (χ4v) is 2.37. The molecule has 3 N–H and O–H groups in total. The number of rotatable bonds is 6. The maximum absolute atomic E-state index is 9.11. The molecule has 0 heterocycles. The van der Waals surface area contributed by atoms with E-state index in [9.17, 15) is 0 Å². The maximum atomic E-state index is 9.11. The molecule has 0 aromatic heterocycles. The number of nitrogens with one attached hydrogen (secondary N) is 1. The predicted molar refractivity (Wildman–Crippen MR) is 79.6 cm³/mol. The van der Waals surface area contributed by atoms with Crippen LogP contribution in [0.3, 0.4) is 0 Å². The van der Waals surface area contributed by atoms with Crippen LogP contribution in [0.25, 0.3) is 0 Å². The van der Waals surface area contributed by atoms with Gasteiger partial charge < -0.3 is 15.5 Å². The Morgan fingerprint density at radius 1 is 1.05 bits per heavy atom. The molecule has 3 heteroatoms. The quantitative estimate of drug-likeness (QED) is 0.735. The summed E-state index contributed by atoms with van der Waals surface area (Å²) in [6.07, 6.45) is 0. The normalized spacial score (nSPS) is 12.2. The van der Waals surface area contributed by atoms with Gasteiger partial charge in [-0.2, -0.15) is 0 Å². The van der Waals surface area contributed by atoms with Gasteiger partial charge in [-0.1, -0.05) is 26.0 Å². The van der Waals surface area contributed by atoms with Gasteiger partial charge in [0.1, 0.15) is 0 Å². The van der Waals surface area contributed by atoms with E-state index >= 15 is 0 Å². The molecule has 1 aromatic rings. The van der Waals surface area contributed by atoms with Crippen molar-refractivity contribution in [2.45, 2.75) is 46.1 Å². The Balaban J connectivity index is 2.91. The Hall–Kier alpha value is -0.900. The molecule has 0 aliphatic carbocycles. The molecule has 0 spiro atoms. The lowest BCUT2D eigenvalue weighted by atomic mass is 9.80. The highest BCUT2D eigenvalue weighted by molar-refractivity contribution is 5.42. The minimum atomic E-state index is -0.244. The van der Waals surface area contributed by atoms with E-state index < -0.39 is 0 Å². The summed E-state index contributed by atoms with van der Waals surface area (Å²) in [5.74, 6) is 0. The highest BCUT2D eigenvalue weighted by Gasteiger charge is 2.24. The van der Waals surface area contributed by atoms with Crippen molar-refractivity contribution in [3.8, 4) is 0 Å². The second-order valence-corrected chi connectivity index (χ2v) is 6.01. The largest absolute Gasteiger partial charge is 0.395 e. The molecule has 19 heavy (non-hydrogen) atoms. The number of hydrogen-bond donors (Lipinski definition) is 3. The molecular weight excluding hydrogens is 238 g/mol. The minimum Gasteiger partial charge on any atom is -0.395 e. The standard InChI is InChI=1S/C16H27NO2/c1-11-6-7-15(13(3)12(11)2)16(4,5)10-17-14(8-18)9-19/h6-7,14,17-19H,8-10H2,1-5H3. The van der Waals surface area contributed by atoms with Crippen LogP contribution < -0.4 is 5.32 Å². The lowest BCUT2D eigenvalue weighted by molar-refractivity contribution is 0.166. The molecular formula is C16H27NO2. The minimum absolute atomic E-state index is 0.0366. The van der Waals surface area contributed by atoms with Crippen LogP contribution in [0, 0.1) is 20.8 Å². The average molecular weight is 265 g/mol. The first-order valence-electron chi connectivity index (χ1n) is 6.86. The summed E-state index contributed by atoms with van der Waals surface area (Å²) in [6, 6.07) is 4.10. The van der Waals surface area contributed by atoms with E-state index in [0.29, 0.717) is 0 Å². The van der Waals surface area contributed by atoms with Gasteiger partial charge in [-0.15, -0.1) is 0 Å². The Morgan fingerprint density at radius 3 is 2.16 bits per heavy atom. The van der Waals surface area contributed by atoms with Gasteiger partial charge >= 0.3 is 0 Å². The Kier molecular flexibility index (Phi) is 5.53. The van der Waals surface area contributed by atoms with Crippen molar-refractivity contribution in [3.05, 3.63) is 34.4 Å². The van der Waals surface area contributed by atoms with E-state index in [4.69, 9.17) is 10.2 Å². The molecule has 0 saturated carbocycles. The molecule has 3 nitrogen and oxygen atoms in total. The van der Waals surface area contributed by atoms with Gasteiger partial charge in [0.15, 0.2) is 0 Å². The SMILES string of the molecule is Cc1ccc(C(C)(C)CNC(CO)CO)c(C)c1C. The predicted octanol–water partition coefficient (Wildman–Crippen LogP) is 1.83. The second kappa shape index (κ2) is 6.51. The van der Waals surface area contributed by atoms with Crippen molar-refractivity contribution in [1.82, 2.24) is 5.32 Å². The van der Waals surface area contributed by atoms with Gasteiger partial charge in [0.05, 0.1) is 19.3 Å². The zero-order valence-electron chi connectivity index (χ0n) is 12.7. The molecule has 108 valence electrons. The Bertz CT molecular complexity index is 423. The lowest BCUT2D eigenvalue weighted by Crippen LogP contribution is -2.43.